The minimum atomic E-state index is -0.715. The van der Waals surface area contributed by atoms with Gasteiger partial charge < -0.3 is 10.1 Å². The van der Waals surface area contributed by atoms with Gasteiger partial charge >= 0.3 is 5.97 Å². The van der Waals surface area contributed by atoms with Crippen LogP contribution in [0.5, 0.6) is 0 Å². The van der Waals surface area contributed by atoms with Gasteiger partial charge in [-0.3, -0.25) is 4.79 Å². The first-order valence-electron chi connectivity index (χ1n) is 8.16. The van der Waals surface area contributed by atoms with E-state index in [1.54, 1.807) is 0 Å². The van der Waals surface area contributed by atoms with Crippen molar-refractivity contribution in [2.45, 2.75) is 13.5 Å². The number of tetrazole rings is 1. The maximum Gasteiger partial charge on any atom is 0.330 e. The molecule has 0 aliphatic carbocycles. The summed E-state index contributed by atoms with van der Waals surface area (Å²) in [5.74, 6) is -1.49. The van der Waals surface area contributed by atoms with Crippen LogP contribution in [0.15, 0.2) is 42.5 Å². The molecule has 0 saturated heterocycles. The number of rotatable bonds is 6. The molecular formula is C18H15ClFN5O3. The molecule has 0 unspecified atom stereocenters. The van der Waals surface area contributed by atoms with E-state index in [0.29, 0.717) is 5.82 Å². The van der Waals surface area contributed by atoms with Gasteiger partial charge in [0.25, 0.3) is 5.91 Å². The quantitative estimate of drug-likeness (QED) is 0.635. The highest BCUT2D eigenvalue weighted by atomic mass is 35.5. The Balaban J connectivity index is 1.50. The Morgan fingerprint density at radius 1 is 1.21 bits per heavy atom. The lowest BCUT2D eigenvalue weighted by Crippen LogP contribution is -2.23. The van der Waals surface area contributed by atoms with E-state index in [9.17, 15) is 14.0 Å². The summed E-state index contributed by atoms with van der Waals surface area (Å²) in [6.07, 6.45) is 0. The summed E-state index contributed by atoms with van der Waals surface area (Å²) in [6.45, 7) is 1.12. The molecule has 0 saturated carbocycles. The first-order chi connectivity index (χ1) is 13.4. The number of amides is 1. The molecule has 3 rings (SSSR count). The Morgan fingerprint density at radius 2 is 1.96 bits per heavy atom. The van der Waals surface area contributed by atoms with E-state index in [-0.39, 0.29) is 17.3 Å². The van der Waals surface area contributed by atoms with Crippen molar-refractivity contribution in [2.75, 3.05) is 11.9 Å². The van der Waals surface area contributed by atoms with E-state index in [4.69, 9.17) is 16.3 Å². The minimum absolute atomic E-state index is 0.0372. The van der Waals surface area contributed by atoms with Crippen LogP contribution in [0.4, 0.5) is 10.1 Å². The number of aromatic nitrogens is 4. The molecule has 0 radical (unpaired) electrons. The van der Waals surface area contributed by atoms with Gasteiger partial charge in [-0.05, 0) is 30.3 Å². The highest BCUT2D eigenvalue weighted by molar-refractivity contribution is 6.33. The van der Waals surface area contributed by atoms with Crippen LogP contribution < -0.4 is 5.32 Å². The molecular weight excluding hydrogens is 389 g/mol. The third-order valence-corrected chi connectivity index (χ3v) is 3.92. The van der Waals surface area contributed by atoms with Crippen LogP contribution in [0.3, 0.4) is 0 Å². The third-order valence-electron chi connectivity index (χ3n) is 3.60. The summed E-state index contributed by atoms with van der Waals surface area (Å²) in [4.78, 5) is 24.8. The summed E-state index contributed by atoms with van der Waals surface area (Å²) in [5, 5.41) is 14.2. The van der Waals surface area contributed by atoms with Gasteiger partial charge in [0, 0.05) is 5.56 Å². The summed E-state index contributed by atoms with van der Waals surface area (Å²) in [5.41, 5.74) is 2.07. The van der Waals surface area contributed by atoms with Crippen molar-refractivity contribution >= 4 is 29.2 Å². The molecule has 2 aromatic carbocycles. The molecule has 28 heavy (non-hydrogen) atoms. The Hall–Kier alpha value is -3.33. The number of hydrogen-bond donors (Lipinski definition) is 1. The second-order valence-electron chi connectivity index (χ2n) is 5.84. The topological polar surface area (TPSA) is 99.0 Å². The Bertz CT molecular complexity index is 1010. The number of hydrogen-bond acceptors (Lipinski definition) is 6. The smallest absolute Gasteiger partial charge is 0.330 e. The number of carbonyl (C=O) groups is 2. The fourth-order valence-corrected chi connectivity index (χ4v) is 2.43. The molecule has 1 aromatic heterocycles. The van der Waals surface area contributed by atoms with Gasteiger partial charge in [-0.1, -0.05) is 41.4 Å². The number of nitrogens with one attached hydrogen (secondary N) is 1. The zero-order valence-corrected chi connectivity index (χ0v) is 15.5. The first kappa shape index (κ1) is 19.4. The van der Waals surface area contributed by atoms with Crippen molar-refractivity contribution in [3.8, 4) is 11.4 Å². The molecule has 0 spiro atoms. The Morgan fingerprint density at radius 3 is 2.68 bits per heavy atom. The number of esters is 1. The highest BCUT2D eigenvalue weighted by Gasteiger charge is 2.13. The van der Waals surface area contributed by atoms with Gasteiger partial charge in [-0.15, -0.1) is 10.2 Å². The van der Waals surface area contributed by atoms with E-state index in [1.807, 2.05) is 31.2 Å². The van der Waals surface area contributed by atoms with Gasteiger partial charge in [0.05, 0.1) is 10.7 Å². The minimum Gasteiger partial charge on any atom is -0.454 e. The molecule has 1 N–H and O–H groups in total. The third kappa shape index (κ3) is 5.10. The molecule has 0 fully saturated rings. The number of anilines is 1. The van der Waals surface area contributed by atoms with E-state index in [2.05, 4.69) is 20.7 Å². The average Bonchev–Trinajstić information content (AvgIpc) is 3.11. The van der Waals surface area contributed by atoms with Crippen LogP contribution in [0, 0.1) is 12.7 Å². The monoisotopic (exact) mass is 403 g/mol. The molecule has 10 heteroatoms. The normalized spacial score (nSPS) is 10.5. The van der Waals surface area contributed by atoms with Crippen LogP contribution in [0.25, 0.3) is 11.4 Å². The molecule has 1 heterocycles. The van der Waals surface area contributed by atoms with E-state index in [1.165, 1.54) is 6.07 Å². The van der Waals surface area contributed by atoms with Crippen LogP contribution in [-0.2, 0) is 20.9 Å². The predicted molar refractivity (Wildman–Crippen MR) is 99.0 cm³/mol. The number of nitrogens with zero attached hydrogens (tertiary/aromatic N) is 4. The molecule has 3 aromatic rings. The molecule has 0 atom stereocenters. The van der Waals surface area contributed by atoms with Crippen LogP contribution in [0.1, 0.15) is 5.56 Å². The maximum atomic E-state index is 13.0. The van der Waals surface area contributed by atoms with Gasteiger partial charge in [0.1, 0.15) is 5.82 Å². The Kier molecular flexibility index (Phi) is 5.95. The first-order valence-corrected chi connectivity index (χ1v) is 8.54. The van der Waals surface area contributed by atoms with Gasteiger partial charge in [0.15, 0.2) is 13.2 Å². The van der Waals surface area contributed by atoms with Gasteiger partial charge in [-0.25, -0.2) is 9.18 Å². The van der Waals surface area contributed by atoms with Crippen molar-refractivity contribution in [2.24, 2.45) is 0 Å². The SMILES string of the molecule is Cc1ccc(-c2nnn(CC(=O)OCC(=O)Nc3ccc(F)cc3Cl)n2)cc1. The van der Waals surface area contributed by atoms with E-state index < -0.39 is 24.3 Å². The van der Waals surface area contributed by atoms with Crippen molar-refractivity contribution in [3.63, 3.8) is 0 Å². The average molecular weight is 404 g/mol. The zero-order valence-electron chi connectivity index (χ0n) is 14.7. The number of benzene rings is 2. The van der Waals surface area contributed by atoms with Crippen molar-refractivity contribution in [1.82, 2.24) is 20.2 Å². The highest BCUT2D eigenvalue weighted by Crippen LogP contribution is 2.22. The fourth-order valence-electron chi connectivity index (χ4n) is 2.21. The lowest BCUT2D eigenvalue weighted by molar-refractivity contribution is -0.148. The van der Waals surface area contributed by atoms with Crippen LogP contribution >= 0.6 is 11.6 Å². The van der Waals surface area contributed by atoms with Crippen LogP contribution in [-0.4, -0.2) is 38.7 Å². The summed E-state index contributed by atoms with van der Waals surface area (Å²) in [6, 6.07) is 11.0. The molecule has 8 nitrogen and oxygen atoms in total. The number of carbonyl (C=O) groups excluding carboxylic acids is 2. The molecule has 0 aliphatic rings. The Labute approximate surface area is 164 Å². The summed E-state index contributed by atoms with van der Waals surface area (Å²) < 4.78 is 17.9. The fraction of sp³-hybridized carbons (Fsp3) is 0.167. The number of ether oxygens (including phenoxy) is 1. The second-order valence-corrected chi connectivity index (χ2v) is 6.25. The molecule has 0 aliphatic heterocycles. The van der Waals surface area contributed by atoms with Gasteiger partial charge in [-0.2, -0.15) is 4.80 Å². The molecule has 0 bridgehead atoms. The second kappa shape index (κ2) is 8.57. The molecule has 144 valence electrons. The van der Waals surface area contributed by atoms with Crippen molar-refractivity contribution in [3.05, 3.63) is 58.9 Å². The predicted octanol–water partition coefficient (Wildman–Crippen LogP) is 2.62. The maximum absolute atomic E-state index is 13.0. The summed E-state index contributed by atoms with van der Waals surface area (Å²) in [7, 11) is 0. The lowest BCUT2D eigenvalue weighted by Gasteiger charge is -2.07. The number of halogens is 2. The van der Waals surface area contributed by atoms with Crippen molar-refractivity contribution < 1.29 is 18.7 Å². The van der Waals surface area contributed by atoms with Gasteiger partial charge in [0.2, 0.25) is 5.82 Å². The van der Waals surface area contributed by atoms with Crippen LogP contribution in [0.2, 0.25) is 5.02 Å². The number of aryl methyl sites for hydroxylation is 1. The van der Waals surface area contributed by atoms with E-state index >= 15 is 0 Å². The summed E-state index contributed by atoms with van der Waals surface area (Å²) >= 11 is 5.82. The van der Waals surface area contributed by atoms with Crippen molar-refractivity contribution in [1.29, 1.82) is 0 Å². The standard InChI is InChI=1S/C18H15ClFN5O3/c1-11-2-4-12(5-3-11)18-22-24-25(23-18)9-17(27)28-10-16(26)21-15-7-6-13(20)8-14(15)19/h2-8H,9-10H2,1H3,(H,21,26). The lowest BCUT2D eigenvalue weighted by atomic mass is 10.1. The largest absolute Gasteiger partial charge is 0.454 e. The van der Waals surface area contributed by atoms with E-state index in [0.717, 1.165) is 28.1 Å². The molecule has 1 amide bonds. The zero-order chi connectivity index (χ0) is 20.1.